The van der Waals surface area contributed by atoms with E-state index in [1.54, 1.807) is 61.5 Å². The fourth-order valence-corrected chi connectivity index (χ4v) is 6.52. The standard InChI is InChI=1S/C30H31BrCl2FNO4Si/c1-18(29(37)39-14-15-40(3,4)5)27(19-6-10-22(32)11-7-19)35-28(36)24-16-21(31)17-25(34)26(24)30(35,38-2)20-8-12-23(33)13-9-20/h6-13,16-18,27H,14-15H2,1-5H3/t18-,27-,30-/m0/s1. The molecule has 3 aromatic rings. The number of benzene rings is 3. The molecule has 0 saturated carbocycles. The lowest BCUT2D eigenvalue weighted by atomic mass is 9.88. The molecule has 0 bridgehead atoms. The van der Waals surface area contributed by atoms with Crippen LogP contribution in [0.25, 0.3) is 0 Å². The summed E-state index contributed by atoms with van der Waals surface area (Å²) in [5, 5.41) is 0.963. The molecule has 40 heavy (non-hydrogen) atoms. The molecule has 10 heteroatoms. The summed E-state index contributed by atoms with van der Waals surface area (Å²) in [6.45, 7) is 8.60. The van der Waals surface area contributed by atoms with Crippen LogP contribution in [-0.4, -0.2) is 38.6 Å². The van der Waals surface area contributed by atoms with Crippen molar-refractivity contribution < 1.29 is 23.5 Å². The second kappa shape index (κ2) is 11.9. The molecule has 1 aliphatic heterocycles. The number of halogens is 4. The van der Waals surface area contributed by atoms with E-state index in [1.807, 2.05) is 0 Å². The number of methoxy groups -OCH3 is 1. The van der Waals surface area contributed by atoms with Crippen molar-refractivity contribution in [3.05, 3.63) is 103 Å². The van der Waals surface area contributed by atoms with Gasteiger partial charge in [0, 0.05) is 35.3 Å². The van der Waals surface area contributed by atoms with Gasteiger partial charge in [0.1, 0.15) is 5.82 Å². The smallest absolute Gasteiger partial charge is 0.311 e. The van der Waals surface area contributed by atoms with Crippen molar-refractivity contribution in [1.29, 1.82) is 0 Å². The molecule has 1 heterocycles. The lowest BCUT2D eigenvalue weighted by molar-refractivity contribution is -0.155. The molecule has 5 nitrogen and oxygen atoms in total. The third-order valence-electron chi connectivity index (χ3n) is 7.14. The number of hydrogen-bond donors (Lipinski definition) is 0. The molecule has 1 aliphatic rings. The lowest BCUT2D eigenvalue weighted by Gasteiger charge is -2.44. The van der Waals surface area contributed by atoms with Crippen molar-refractivity contribution in [3.63, 3.8) is 0 Å². The molecule has 0 fully saturated rings. The van der Waals surface area contributed by atoms with Crippen LogP contribution in [0.3, 0.4) is 0 Å². The van der Waals surface area contributed by atoms with Gasteiger partial charge in [-0.05, 0) is 54.9 Å². The predicted octanol–water partition coefficient (Wildman–Crippen LogP) is 8.46. The number of carbonyl (C=O) groups excluding carboxylic acids is 2. The molecule has 1 amide bonds. The highest BCUT2D eigenvalue weighted by molar-refractivity contribution is 9.10. The fraction of sp³-hybridized carbons (Fsp3) is 0.333. The summed E-state index contributed by atoms with van der Waals surface area (Å²) in [6.07, 6.45) is 0. The van der Waals surface area contributed by atoms with E-state index in [0.29, 0.717) is 25.6 Å². The number of carbonyl (C=O) groups is 2. The summed E-state index contributed by atoms with van der Waals surface area (Å²) in [5.74, 6) is -2.43. The molecule has 4 rings (SSSR count). The zero-order valence-electron chi connectivity index (χ0n) is 22.9. The normalized spacial score (nSPS) is 18.4. The maximum absolute atomic E-state index is 15.9. The first kappa shape index (κ1) is 30.7. The van der Waals surface area contributed by atoms with Crippen LogP contribution in [0.15, 0.2) is 65.1 Å². The largest absolute Gasteiger partial charge is 0.466 e. The minimum Gasteiger partial charge on any atom is -0.466 e. The molecule has 0 saturated heterocycles. The Morgan fingerprint density at radius 2 is 1.62 bits per heavy atom. The van der Waals surface area contributed by atoms with E-state index in [2.05, 4.69) is 35.6 Å². The zero-order valence-corrected chi connectivity index (χ0v) is 27.0. The molecule has 0 aliphatic carbocycles. The Hall–Kier alpha value is -2.23. The Bertz CT molecular complexity index is 1410. The average molecular weight is 667 g/mol. The van der Waals surface area contributed by atoms with Crippen molar-refractivity contribution in [2.75, 3.05) is 13.7 Å². The SMILES string of the molecule is CO[C@@]1(c2ccc(Cl)cc2)c2c(F)cc(Br)cc2C(=O)N1[C@H](c1ccc(Cl)cc1)[C@H](C)C(=O)OCC[Si](C)(C)C. The molecule has 0 radical (unpaired) electrons. The van der Waals surface area contributed by atoms with Crippen LogP contribution in [-0.2, 0) is 20.0 Å². The Morgan fingerprint density at radius 3 is 2.17 bits per heavy atom. The topological polar surface area (TPSA) is 55.8 Å². The molecule has 0 N–H and O–H groups in total. The molecule has 0 aromatic heterocycles. The molecule has 212 valence electrons. The van der Waals surface area contributed by atoms with Crippen molar-refractivity contribution in [1.82, 2.24) is 4.90 Å². The minimum atomic E-state index is -1.71. The van der Waals surface area contributed by atoms with Crippen LogP contribution >= 0.6 is 39.1 Å². The van der Waals surface area contributed by atoms with Gasteiger partial charge >= 0.3 is 5.97 Å². The summed E-state index contributed by atoms with van der Waals surface area (Å²) in [5.41, 5.74) is -0.425. The van der Waals surface area contributed by atoms with E-state index in [9.17, 15) is 9.59 Å². The first-order chi connectivity index (χ1) is 18.8. The average Bonchev–Trinajstić information content (AvgIpc) is 3.13. The lowest BCUT2D eigenvalue weighted by Crippen LogP contribution is -2.51. The van der Waals surface area contributed by atoms with E-state index >= 15 is 4.39 Å². The molecule has 3 atom stereocenters. The van der Waals surface area contributed by atoms with Gasteiger partial charge in [0.05, 0.1) is 29.7 Å². The maximum atomic E-state index is 15.9. The number of fused-ring (bicyclic) bond motifs is 1. The van der Waals surface area contributed by atoms with Gasteiger partial charge in [0.25, 0.3) is 5.91 Å². The van der Waals surface area contributed by atoms with Gasteiger partial charge in [0.15, 0.2) is 5.72 Å². The van der Waals surface area contributed by atoms with Gasteiger partial charge in [-0.1, -0.05) is 83.0 Å². The molecular formula is C30H31BrCl2FNO4Si. The van der Waals surface area contributed by atoms with Gasteiger partial charge in [-0.15, -0.1) is 0 Å². The number of esters is 1. The van der Waals surface area contributed by atoms with Crippen molar-refractivity contribution >= 4 is 59.1 Å². The first-order valence-electron chi connectivity index (χ1n) is 12.9. The maximum Gasteiger partial charge on any atom is 0.311 e. The van der Waals surface area contributed by atoms with Crippen molar-refractivity contribution in [2.24, 2.45) is 5.92 Å². The van der Waals surface area contributed by atoms with Crippen molar-refractivity contribution in [2.45, 2.75) is 44.4 Å². The van der Waals surface area contributed by atoms with Gasteiger partial charge < -0.3 is 9.47 Å². The van der Waals surface area contributed by atoms with E-state index in [1.165, 1.54) is 18.1 Å². The van der Waals surface area contributed by atoms with E-state index in [0.717, 1.165) is 6.04 Å². The zero-order chi connectivity index (χ0) is 29.4. The monoisotopic (exact) mass is 665 g/mol. The van der Waals surface area contributed by atoms with Gasteiger partial charge in [-0.25, -0.2) is 4.39 Å². The minimum absolute atomic E-state index is 0.0591. The molecule has 0 unspecified atom stereocenters. The summed E-state index contributed by atoms with van der Waals surface area (Å²) < 4.78 is 28.2. The van der Waals surface area contributed by atoms with Crippen LogP contribution in [0.1, 0.15) is 40.0 Å². The Morgan fingerprint density at radius 1 is 1.05 bits per heavy atom. The van der Waals surface area contributed by atoms with Crippen LogP contribution in [0, 0.1) is 11.7 Å². The van der Waals surface area contributed by atoms with E-state index in [-0.39, 0.29) is 17.7 Å². The predicted molar refractivity (Wildman–Crippen MR) is 162 cm³/mol. The number of nitrogens with zero attached hydrogens (tertiary/aromatic N) is 1. The molecular weight excluding hydrogens is 636 g/mol. The molecule has 3 aromatic carbocycles. The Kier molecular flexibility index (Phi) is 9.17. The second-order valence-electron chi connectivity index (χ2n) is 11.1. The van der Waals surface area contributed by atoms with Crippen LogP contribution in [0.5, 0.6) is 0 Å². The van der Waals surface area contributed by atoms with Crippen molar-refractivity contribution in [3.8, 4) is 0 Å². The number of rotatable bonds is 9. The number of amides is 1. The molecule has 0 spiro atoms. The van der Waals surface area contributed by atoms with Gasteiger partial charge in [-0.2, -0.15) is 0 Å². The second-order valence-corrected chi connectivity index (χ2v) is 18.5. The van der Waals surface area contributed by atoms with E-state index in [4.69, 9.17) is 32.7 Å². The highest BCUT2D eigenvalue weighted by atomic mass is 79.9. The third kappa shape index (κ3) is 5.88. The highest BCUT2D eigenvalue weighted by Crippen LogP contribution is 2.52. The quantitative estimate of drug-likeness (QED) is 0.170. The fourth-order valence-electron chi connectivity index (χ4n) is 5.12. The summed E-state index contributed by atoms with van der Waals surface area (Å²) >= 11 is 15.7. The van der Waals surface area contributed by atoms with Crippen LogP contribution in [0.2, 0.25) is 35.7 Å². The third-order valence-corrected chi connectivity index (χ3v) is 9.81. The Labute approximate surface area is 253 Å². The summed E-state index contributed by atoms with van der Waals surface area (Å²) in [4.78, 5) is 29.3. The highest BCUT2D eigenvalue weighted by Gasteiger charge is 2.57. The number of ether oxygens (including phenoxy) is 2. The number of hydrogen-bond acceptors (Lipinski definition) is 4. The van der Waals surface area contributed by atoms with Gasteiger partial charge in [0.2, 0.25) is 0 Å². The van der Waals surface area contributed by atoms with Gasteiger partial charge in [-0.3, -0.25) is 14.5 Å². The Balaban J connectivity index is 1.93. The summed E-state index contributed by atoms with van der Waals surface area (Å²) in [7, 11) is -0.0405. The summed E-state index contributed by atoms with van der Waals surface area (Å²) in [6, 6.07) is 16.3. The first-order valence-corrected chi connectivity index (χ1v) is 18.1. The van der Waals surface area contributed by atoms with Crippen LogP contribution in [0.4, 0.5) is 4.39 Å². The van der Waals surface area contributed by atoms with E-state index < -0.39 is 43.5 Å². The van der Waals surface area contributed by atoms with Crippen LogP contribution < -0.4 is 0 Å².